The number of likely N-dealkylation sites (N-methyl/N-ethyl adjacent to an activating group) is 1. The lowest BCUT2D eigenvalue weighted by atomic mass is 9.82. The Morgan fingerprint density at radius 3 is 2.50 bits per heavy atom. The molecular formula is C14H21N3O5. The third-order valence-corrected chi connectivity index (χ3v) is 4.33. The van der Waals surface area contributed by atoms with Crippen molar-refractivity contribution in [2.24, 2.45) is 0 Å². The number of rotatable bonds is 5. The highest BCUT2D eigenvalue weighted by Gasteiger charge is 2.51. The molecule has 1 spiro atoms. The summed E-state index contributed by atoms with van der Waals surface area (Å²) in [5.74, 6) is -1.79. The standard InChI is InChI=1S/C14H21N3O5/c1-16(8-5-11(19)20)10(18)9-17-12(21)14(15-13(17)22)6-3-2-4-7-14/h2-9H2,1H3,(H,15,22)(H,19,20). The first-order valence-electron chi connectivity index (χ1n) is 7.45. The summed E-state index contributed by atoms with van der Waals surface area (Å²) in [4.78, 5) is 49.2. The van der Waals surface area contributed by atoms with Gasteiger partial charge < -0.3 is 15.3 Å². The molecule has 2 fully saturated rings. The molecule has 0 bridgehead atoms. The Hall–Kier alpha value is -2.12. The highest BCUT2D eigenvalue weighted by atomic mass is 16.4. The molecule has 0 aromatic carbocycles. The molecule has 0 unspecified atom stereocenters. The summed E-state index contributed by atoms with van der Waals surface area (Å²) in [6, 6.07) is -0.535. The lowest BCUT2D eigenvalue weighted by molar-refractivity contribution is -0.141. The minimum atomic E-state index is -1.00. The van der Waals surface area contributed by atoms with Crippen molar-refractivity contribution in [3.63, 3.8) is 0 Å². The summed E-state index contributed by atoms with van der Waals surface area (Å²) in [5.41, 5.74) is -0.838. The number of amides is 4. The number of urea groups is 1. The van der Waals surface area contributed by atoms with Gasteiger partial charge in [0.05, 0.1) is 6.42 Å². The quantitative estimate of drug-likeness (QED) is 0.704. The number of nitrogens with one attached hydrogen (secondary N) is 1. The van der Waals surface area contributed by atoms with E-state index in [0.29, 0.717) is 12.8 Å². The summed E-state index contributed by atoms with van der Waals surface area (Å²) in [5, 5.41) is 11.3. The van der Waals surface area contributed by atoms with Gasteiger partial charge in [0, 0.05) is 13.6 Å². The van der Waals surface area contributed by atoms with E-state index in [2.05, 4.69) is 5.32 Å². The molecule has 1 saturated carbocycles. The number of aliphatic carboxylic acids is 1. The lowest BCUT2D eigenvalue weighted by Crippen LogP contribution is -2.49. The number of carboxylic acids is 1. The summed E-state index contributed by atoms with van der Waals surface area (Å²) in [6.45, 7) is -0.300. The lowest BCUT2D eigenvalue weighted by Gasteiger charge is -2.30. The average molecular weight is 311 g/mol. The van der Waals surface area contributed by atoms with Crippen molar-refractivity contribution in [2.75, 3.05) is 20.1 Å². The van der Waals surface area contributed by atoms with E-state index in [9.17, 15) is 19.2 Å². The fraction of sp³-hybridized carbons (Fsp3) is 0.714. The third-order valence-electron chi connectivity index (χ3n) is 4.33. The average Bonchev–Trinajstić information content (AvgIpc) is 2.69. The highest BCUT2D eigenvalue weighted by Crippen LogP contribution is 2.33. The second-order valence-corrected chi connectivity index (χ2v) is 5.92. The van der Waals surface area contributed by atoms with Crippen molar-refractivity contribution in [2.45, 2.75) is 44.1 Å². The number of carboxylic acid groups (broad SMARTS) is 1. The Morgan fingerprint density at radius 1 is 1.27 bits per heavy atom. The van der Waals surface area contributed by atoms with Crippen molar-refractivity contribution in [1.82, 2.24) is 15.1 Å². The highest BCUT2D eigenvalue weighted by molar-refractivity contribution is 6.09. The van der Waals surface area contributed by atoms with Crippen LogP contribution in [0.4, 0.5) is 4.79 Å². The van der Waals surface area contributed by atoms with Gasteiger partial charge in [-0.1, -0.05) is 19.3 Å². The van der Waals surface area contributed by atoms with Crippen LogP contribution in [0.3, 0.4) is 0 Å². The smallest absolute Gasteiger partial charge is 0.325 e. The molecule has 122 valence electrons. The maximum Gasteiger partial charge on any atom is 0.325 e. The Balaban J connectivity index is 1.97. The maximum absolute atomic E-state index is 12.5. The summed E-state index contributed by atoms with van der Waals surface area (Å²) >= 11 is 0. The molecule has 1 heterocycles. The van der Waals surface area contributed by atoms with E-state index < -0.39 is 23.4 Å². The molecule has 2 rings (SSSR count). The van der Waals surface area contributed by atoms with E-state index in [-0.39, 0.29) is 25.4 Å². The topological polar surface area (TPSA) is 107 Å². The van der Waals surface area contributed by atoms with Crippen molar-refractivity contribution in [3.8, 4) is 0 Å². The summed E-state index contributed by atoms with van der Waals surface area (Å²) < 4.78 is 0. The predicted molar refractivity (Wildman–Crippen MR) is 76.0 cm³/mol. The molecule has 0 aromatic heterocycles. The number of carbonyl (C=O) groups excluding carboxylic acids is 3. The van der Waals surface area contributed by atoms with Gasteiger partial charge in [-0.25, -0.2) is 4.79 Å². The van der Waals surface area contributed by atoms with Crippen LogP contribution in [0.2, 0.25) is 0 Å². The van der Waals surface area contributed by atoms with Crippen molar-refractivity contribution < 1.29 is 24.3 Å². The van der Waals surface area contributed by atoms with Crippen LogP contribution in [0.5, 0.6) is 0 Å². The van der Waals surface area contributed by atoms with Gasteiger partial charge in [-0.05, 0) is 12.8 Å². The van der Waals surface area contributed by atoms with Crippen molar-refractivity contribution >= 4 is 23.8 Å². The van der Waals surface area contributed by atoms with Crippen LogP contribution >= 0.6 is 0 Å². The minimum Gasteiger partial charge on any atom is -0.481 e. The molecule has 0 atom stereocenters. The van der Waals surface area contributed by atoms with Gasteiger partial charge in [-0.2, -0.15) is 0 Å². The van der Waals surface area contributed by atoms with Gasteiger partial charge in [0.1, 0.15) is 12.1 Å². The van der Waals surface area contributed by atoms with Crippen LogP contribution in [0.1, 0.15) is 38.5 Å². The number of carbonyl (C=O) groups is 4. The van der Waals surface area contributed by atoms with Gasteiger partial charge in [-0.3, -0.25) is 19.3 Å². The van der Waals surface area contributed by atoms with Crippen LogP contribution in [0.15, 0.2) is 0 Å². The molecule has 1 aliphatic carbocycles. The molecular weight excluding hydrogens is 290 g/mol. The molecule has 2 aliphatic rings. The van der Waals surface area contributed by atoms with Crippen molar-refractivity contribution in [3.05, 3.63) is 0 Å². The second kappa shape index (κ2) is 6.33. The fourth-order valence-electron chi connectivity index (χ4n) is 2.96. The fourth-order valence-corrected chi connectivity index (χ4v) is 2.96. The van der Waals surface area contributed by atoms with Gasteiger partial charge in [0.2, 0.25) is 5.91 Å². The largest absolute Gasteiger partial charge is 0.481 e. The Labute approximate surface area is 128 Å². The zero-order valence-electron chi connectivity index (χ0n) is 12.6. The van der Waals surface area contributed by atoms with Gasteiger partial charge >= 0.3 is 12.0 Å². The predicted octanol–water partition coefficient (Wildman–Crippen LogP) is 0.174. The SMILES string of the molecule is CN(CCC(=O)O)C(=O)CN1C(=O)NC2(CCCCC2)C1=O. The van der Waals surface area contributed by atoms with Crippen LogP contribution in [0.25, 0.3) is 0 Å². The maximum atomic E-state index is 12.5. The molecule has 1 aliphatic heterocycles. The first kappa shape index (κ1) is 16.3. The minimum absolute atomic E-state index is 0.0446. The zero-order valence-corrected chi connectivity index (χ0v) is 12.6. The summed E-state index contributed by atoms with van der Waals surface area (Å²) in [7, 11) is 1.46. The molecule has 22 heavy (non-hydrogen) atoms. The van der Waals surface area contributed by atoms with Gasteiger partial charge in [0.15, 0.2) is 0 Å². The number of hydrogen-bond acceptors (Lipinski definition) is 4. The van der Waals surface area contributed by atoms with Gasteiger partial charge in [0.25, 0.3) is 5.91 Å². The number of imide groups is 1. The third kappa shape index (κ3) is 3.20. The Bertz CT molecular complexity index is 499. The van der Waals surface area contributed by atoms with E-state index in [0.717, 1.165) is 24.2 Å². The first-order chi connectivity index (χ1) is 10.4. The van der Waals surface area contributed by atoms with E-state index in [1.165, 1.54) is 11.9 Å². The van der Waals surface area contributed by atoms with E-state index in [1.54, 1.807) is 0 Å². The molecule has 0 aromatic rings. The molecule has 8 nitrogen and oxygen atoms in total. The van der Waals surface area contributed by atoms with E-state index in [1.807, 2.05) is 0 Å². The number of nitrogens with zero attached hydrogens (tertiary/aromatic N) is 2. The monoisotopic (exact) mass is 311 g/mol. The summed E-state index contributed by atoms with van der Waals surface area (Å²) in [6.07, 6.45) is 3.85. The first-order valence-corrected chi connectivity index (χ1v) is 7.45. The Morgan fingerprint density at radius 2 is 1.91 bits per heavy atom. The van der Waals surface area contributed by atoms with Crippen molar-refractivity contribution in [1.29, 1.82) is 0 Å². The normalized spacial score (nSPS) is 20.1. The molecule has 0 radical (unpaired) electrons. The Kier molecular flexibility index (Phi) is 4.68. The van der Waals surface area contributed by atoms with Gasteiger partial charge in [-0.15, -0.1) is 0 Å². The molecule has 2 N–H and O–H groups in total. The molecule has 4 amide bonds. The van der Waals surface area contributed by atoms with Crippen LogP contribution in [0, 0.1) is 0 Å². The van der Waals surface area contributed by atoms with Crippen LogP contribution < -0.4 is 5.32 Å². The molecule has 8 heteroatoms. The zero-order chi connectivity index (χ0) is 16.3. The second-order valence-electron chi connectivity index (χ2n) is 5.92. The number of hydrogen-bond donors (Lipinski definition) is 2. The van der Waals surface area contributed by atoms with E-state index in [4.69, 9.17) is 5.11 Å². The molecule has 1 saturated heterocycles. The van der Waals surface area contributed by atoms with E-state index >= 15 is 0 Å². The van der Waals surface area contributed by atoms with Crippen LogP contribution in [-0.2, 0) is 14.4 Å². The van der Waals surface area contributed by atoms with Crippen LogP contribution in [-0.4, -0.2) is 64.4 Å².